The van der Waals surface area contributed by atoms with E-state index < -0.39 is 0 Å². The summed E-state index contributed by atoms with van der Waals surface area (Å²) >= 11 is 0. The third-order valence-corrected chi connectivity index (χ3v) is 3.79. The molecule has 1 aliphatic carbocycles. The first-order valence-electron chi connectivity index (χ1n) is 7.21. The molecule has 1 atom stereocenters. The van der Waals surface area contributed by atoms with Crippen molar-refractivity contribution in [2.45, 2.75) is 45.7 Å². The molecular formula is C16H24N2O. The molecule has 1 unspecified atom stereocenters. The molecule has 0 aromatic heterocycles. The number of benzene rings is 1. The first-order chi connectivity index (χ1) is 9.11. The van der Waals surface area contributed by atoms with Crippen LogP contribution in [0.2, 0.25) is 0 Å². The fraction of sp³-hybridized carbons (Fsp3) is 0.562. The van der Waals surface area contributed by atoms with E-state index in [1.165, 1.54) is 24.0 Å². The van der Waals surface area contributed by atoms with Gasteiger partial charge < -0.3 is 10.2 Å². The van der Waals surface area contributed by atoms with Gasteiger partial charge in [-0.2, -0.15) is 0 Å². The van der Waals surface area contributed by atoms with Crippen molar-refractivity contribution in [3.8, 4) is 0 Å². The van der Waals surface area contributed by atoms with Crippen molar-refractivity contribution in [3.63, 3.8) is 0 Å². The number of hydrogen-bond acceptors (Lipinski definition) is 2. The SMILES string of the molecule is CCN(C(=O)CNC(C)c1ccc(C)cc1)C1CC1. The predicted octanol–water partition coefficient (Wildman–Crippen LogP) is 2.66. The van der Waals surface area contributed by atoms with Gasteiger partial charge in [0.2, 0.25) is 5.91 Å². The smallest absolute Gasteiger partial charge is 0.236 e. The predicted molar refractivity (Wildman–Crippen MR) is 78.0 cm³/mol. The van der Waals surface area contributed by atoms with Crippen molar-refractivity contribution in [1.82, 2.24) is 10.2 Å². The lowest BCUT2D eigenvalue weighted by Gasteiger charge is -2.22. The van der Waals surface area contributed by atoms with E-state index >= 15 is 0 Å². The summed E-state index contributed by atoms with van der Waals surface area (Å²) in [4.78, 5) is 14.1. The van der Waals surface area contributed by atoms with Crippen LogP contribution in [0.25, 0.3) is 0 Å². The van der Waals surface area contributed by atoms with Gasteiger partial charge in [0, 0.05) is 18.6 Å². The van der Waals surface area contributed by atoms with E-state index in [1.54, 1.807) is 0 Å². The summed E-state index contributed by atoms with van der Waals surface area (Å²) in [5.41, 5.74) is 2.49. The number of carbonyl (C=O) groups excluding carboxylic acids is 1. The summed E-state index contributed by atoms with van der Waals surface area (Å²) in [6.07, 6.45) is 2.35. The molecule has 19 heavy (non-hydrogen) atoms. The van der Waals surface area contributed by atoms with Gasteiger partial charge in [0.25, 0.3) is 0 Å². The summed E-state index contributed by atoms with van der Waals surface area (Å²) < 4.78 is 0. The average molecular weight is 260 g/mol. The minimum Gasteiger partial charge on any atom is -0.339 e. The van der Waals surface area contributed by atoms with Gasteiger partial charge in [-0.1, -0.05) is 29.8 Å². The minimum absolute atomic E-state index is 0.211. The molecule has 2 rings (SSSR count). The molecule has 1 aliphatic rings. The van der Waals surface area contributed by atoms with Crippen molar-refractivity contribution in [2.75, 3.05) is 13.1 Å². The van der Waals surface area contributed by atoms with Crippen LogP contribution in [0.15, 0.2) is 24.3 Å². The molecule has 0 radical (unpaired) electrons. The quantitative estimate of drug-likeness (QED) is 0.853. The molecular weight excluding hydrogens is 236 g/mol. The van der Waals surface area contributed by atoms with Crippen LogP contribution in [0.5, 0.6) is 0 Å². The Kier molecular flexibility index (Phi) is 4.59. The van der Waals surface area contributed by atoms with E-state index in [2.05, 4.69) is 50.4 Å². The van der Waals surface area contributed by atoms with Gasteiger partial charge in [-0.15, -0.1) is 0 Å². The number of rotatable bonds is 6. The van der Waals surface area contributed by atoms with Gasteiger partial charge in [-0.3, -0.25) is 4.79 Å². The van der Waals surface area contributed by atoms with E-state index in [9.17, 15) is 4.79 Å². The monoisotopic (exact) mass is 260 g/mol. The highest BCUT2D eigenvalue weighted by atomic mass is 16.2. The van der Waals surface area contributed by atoms with E-state index in [0.29, 0.717) is 12.6 Å². The summed E-state index contributed by atoms with van der Waals surface area (Å²) in [5, 5.41) is 3.32. The van der Waals surface area contributed by atoms with Crippen LogP contribution in [0, 0.1) is 6.92 Å². The Hall–Kier alpha value is -1.35. The second-order valence-electron chi connectivity index (χ2n) is 5.42. The van der Waals surface area contributed by atoms with Gasteiger partial charge in [-0.25, -0.2) is 0 Å². The number of amides is 1. The van der Waals surface area contributed by atoms with Crippen LogP contribution in [-0.2, 0) is 4.79 Å². The Morgan fingerprint density at radius 1 is 1.37 bits per heavy atom. The zero-order valence-corrected chi connectivity index (χ0v) is 12.1. The Morgan fingerprint density at radius 3 is 2.53 bits per heavy atom. The summed E-state index contributed by atoms with van der Waals surface area (Å²) in [6, 6.07) is 9.18. The lowest BCUT2D eigenvalue weighted by molar-refractivity contribution is -0.130. The third-order valence-electron chi connectivity index (χ3n) is 3.79. The fourth-order valence-corrected chi connectivity index (χ4v) is 2.34. The summed E-state index contributed by atoms with van der Waals surface area (Å²) in [7, 11) is 0. The third kappa shape index (κ3) is 3.80. The van der Waals surface area contributed by atoms with Crippen LogP contribution >= 0.6 is 0 Å². The molecule has 0 heterocycles. The van der Waals surface area contributed by atoms with Crippen molar-refractivity contribution in [3.05, 3.63) is 35.4 Å². The molecule has 0 saturated heterocycles. The highest BCUT2D eigenvalue weighted by Crippen LogP contribution is 2.26. The minimum atomic E-state index is 0.211. The van der Waals surface area contributed by atoms with Gasteiger partial charge >= 0.3 is 0 Å². The van der Waals surface area contributed by atoms with E-state index in [0.717, 1.165) is 6.54 Å². The number of aryl methyl sites for hydroxylation is 1. The van der Waals surface area contributed by atoms with Gasteiger partial charge in [0.15, 0.2) is 0 Å². The number of nitrogens with zero attached hydrogens (tertiary/aromatic N) is 1. The topological polar surface area (TPSA) is 32.3 Å². The van der Waals surface area contributed by atoms with Crippen molar-refractivity contribution >= 4 is 5.91 Å². The molecule has 1 aromatic carbocycles. The maximum absolute atomic E-state index is 12.1. The van der Waals surface area contributed by atoms with Gasteiger partial charge in [-0.05, 0) is 39.2 Å². The van der Waals surface area contributed by atoms with Crippen LogP contribution in [0.3, 0.4) is 0 Å². The number of nitrogens with one attached hydrogen (secondary N) is 1. The van der Waals surface area contributed by atoms with Crippen LogP contribution in [-0.4, -0.2) is 29.9 Å². The maximum Gasteiger partial charge on any atom is 0.236 e. The summed E-state index contributed by atoms with van der Waals surface area (Å²) in [5.74, 6) is 0.226. The highest BCUT2D eigenvalue weighted by molar-refractivity contribution is 5.79. The Balaban J connectivity index is 1.84. The van der Waals surface area contributed by atoms with Crippen LogP contribution < -0.4 is 5.32 Å². The van der Waals surface area contributed by atoms with Crippen molar-refractivity contribution < 1.29 is 4.79 Å². The van der Waals surface area contributed by atoms with Crippen LogP contribution in [0.1, 0.15) is 43.9 Å². The summed E-state index contributed by atoms with van der Waals surface area (Å²) in [6.45, 7) is 7.49. The lowest BCUT2D eigenvalue weighted by Crippen LogP contribution is -2.40. The zero-order valence-electron chi connectivity index (χ0n) is 12.1. The highest BCUT2D eigenvalue weighted by Gasteiger charge is 2.31. The lowest BCUT2D eigenvalue weighted by atomic mass is 10.1. The first-order valence-corrected chi connectivity index (χ1v) is 7.21. The van der Waals surface area contributed by atoms with Crippen LogP contribution in [0.4, 0.5) is 0 Å². The molecule has 104 valence electrons. The van der Waals surface area contributed by atoms with Gasteiger partial charge in [0.05, 0.1) is 6.54 Å². The number of hydrogen-bond donors (Lipinski definition) is 1. The number of likely N-dealkylation sites (N-methyl/N-ethyl adjacent to an activating group) is 1. The standard InChI is InChI=1S/C16H24N2O/c1-4-18(15-9-10-15)16(19)11-17-13(3)14-7-5-12(2)6-8-14/h5-8,13,15,17H,4,9-11H2,1-3H3. The van der Waals surface area contributed by atoms with Crippen molar-refractivity contribution in [1.29, 1.82) is 0 Å². The first kappa shape index (κ1) is 14.1. The Bertz CT molecular complexity index is 423. The van der Waals surface area contributed by atoms with Gasteiger partial charge in [0.1, 0.15) is 0 Å². The molecule has 3 nitrogen and oxygen atoms in total. The fourth-order valence-electron chi connectivity index (χ4n) is 2.34. The molecule has 0 spiro atoms. The average Bonchev–Trinajstić information content (AvgIpc) is 3.22. The zero-order chi connectivity index (χ0) is 13.8. The normalized spacial score (nSPS) is 16.2. The Morgan fingerprint density at radius 2 is 2.00 bits per heavy atom. The molecule has 0 aliphatic heterocycles. The second kappa shape index (κ2) is 6.20. The molecule has 1 aromatic rings. The van der Waals surface area contributed by atoms with E-state index in [-0.39, 0.29) is 11.9 Å². The molecule has 1 N–H and O–H groups in total. The molecule has 1 amide bonds. The number of carbonyl (C=O) groups is 1. The molecule has 1 fully saturated rings. The Labute approximate surface area is 116 Å². The molecule has 1 saturated carbocycles. The molecule has 3 heteroatoms. The van der Waals surface area contributed by atoms with E-state index in [1.807, 2.05) is 4.90 Å². The van der Waals surface area contributed by atoms with Crippen molar-refractivity contribution in [2.24, 2.45) is 0 Å². The largest absolute Gasteiger partial charge is 0.339 e. The van der Waals surface area contributed by atoms with E-state index in [4.69, 9.17) is 0 Å². The second-order valence-corrected chi connectivity index (χ2v) is 5.42. The maximum atomic E-state index is 12.1. The molecule has 0 bridgehead atoms.